The van der Waals surface area contributed by atoms with Gasteiger partial charge in [0.1, 0.15) is 0 Å². The minimum atomic E-state index is -1.25. The molecule has 0 spiro atoms. The molecule has 1 saturated carbocycles. The third kappa shape index (κ3) is 3.99. The highest BCUT2D eigenvalue weighted by Gasteiger charge is 2.39. The van der Waals surface area contributed by atoms with Crippen LogP contribution in [0, 0.1) is 41.0 Å². The molecular weight excluding hydrogens is 404 g/mol. The van der Waals surface area contributed by atoms with Crippen LogP contribution in [0.15, 0.2) is 35.9 Å². The largest absolute Gasteiger partial charge is 0.494 e. The quantitative estimate of drug-likeness (QED) is 0.323. The van der Waals surface area contributed by atoms with Crippen molar-refractivity contribution in [2.75, 3.05) is 7.11 Å². The predicted molar refractivity (Wildman–Crippen MR) is 114 cm³/mol. The van der Waals surface area contributed by atoms with Crippen molar-refractivity contribution in [3.63, 3.8) is 0 Å². The maximum Gasteiger partial charge on any atom is 0.201 e. The zero-order valence-electron chi connectivity index (χ0n) is 18.0. The molecule has 2 aromatic rings. The second kappa shape index (κ2) is 9.05. The van der Waals surface area contributed by atoms with Crippen LogP contribution >= 0.6 is 0 Å². The van der Waals surface area contributed by atoms with Crippen molar-refractivity contribution in [2.45, 2.75) is 51.9 Å². The molecule has 1 fully saturated rings. The number of fused-ring (bicyclic) bond motifs is 1. The summed E-state index contributed by atoms with van der Waals surface area (Å²) in [6, 6.07) is 5.25. The fourth-order valence-corrected chi connectivity index (χ4v) is 5.57. The van der Waals surface area contributed by atoms with E-state index in [9.17, 15) is 17.6 Å². The molecule has 0 radical (unpaired) electrons. The number of hydrogen-bond acceptors (Lipinski definition) is 1. The minimum absolute atomic E-state index is 0.280. The summed E-state index contributed by atoms with van der Waals surface area (Å²) in [7, 11) is 1.21. The van der Waals surface area contributed by atoms with Crippen molar-refractivity contribution in [3.05, 3.63) is 64.7 Å². The van der Waals surface area contributed by atoms with Crippen LogP contribution in [-0.2, 0) is 6.42 Å². The summed E-state index contributed by atoms with van der Waals surface area (Å²) in [5.74, 6) is -3.04. The summed E-state index contributed by atoms with van der Waals surface area (Å²) in [6.07, 6.45) is 9.40. The first-order valence-corrected chi connectivity index (χ1v) is 11.1. The van der Waals surface area contributed by atoms with Gasteiger partial charge in [-0.1, -0.05) is 37.1 Å². The molecule has 0 aliphatic heterocycles. The number of ether oxygens (including phenoxy) is 1. The molecular formula is C26H28F4O. The lowest BCUT2D eigenvalue weighted by atomic mass is 9.85. The second-order valence-electron chi connectivity index (χ2n) is 8.75. The molecule has 2 aliphatic carbocycles. The van der Waals surface area contributed by atoms with E-state index in [-0.39, 0.29) is 16.9 Å². The number of methoxy groups -OCH3 is 1. The van der Waals surface area contributed by atoms with Crippen LogP contribution in [0.5, 0.6) is 5.75 Å². The van der Waals surface area contributed by atoms with Crippen LogP contribution in [-0.4, -0.2) is 7.11 Å². The lowest BCUT2D eigenvalue weighted by Gasteiger charge is -2.20. The number of halogens is 4. The van der Waals surface area contributed by atoms with Crippen molar-refractivity contribution in [2.24, 2.45) is 17.8 Å². The van der Waals surface area contributed by atoms with Crippen molar-refractivity contribution >= 4 is 0 Å². The number of benzene rings is 2. The number of allylic oxidation sites excluding steroid dienone is 2. The zero-order valence-corrected chi connectivity index (χ0v) is 18.0. The van der Waals surface area contributed by atoms with Crippen LogP contribution in [0.4, 0.5) is 17.6 Å². The topological polar surface area (TPSA) is 9.23 Å². The zero-order chi connectivity index (χ0) is 22.1. The molecule has 2 aliphatic rings. The third-order valence-corrected chi connectivity index (χ3v) is 7.14. The maximum atomic E-state index is 14.8. The minimum Gasteiger partial charge on any atom is -0.494 e. The van der Waals surface area contributed by atoms with Gasteiger partial charge in [-0.2, -0.15) is 4.39 Å². The average Bonchev–Trinajstić information content (AvgIpc) is 3.35. The molecule has 3 unspecified atom stereocenters. The first kappa shape index (κ1) is 21.9. The fraction of sp³-hybridized carbons (Fsp3) is 0.462. The van der Waals surface area contributed by atoms with Crippen LogP contribution in [0.3, 0.4) is 0 Å². The predicted octanol–water partition coefficient (Wildman–Crippen LogP) is 7.62. The monoisotopic (exact) mass is 432 g/mol. The van der Waals surface area contributed by atoms with Gasteiger partial charge in [-0.3, -0.25) is 0 Å². The van der Waals surface area contributed by atoms with Gasteiger partial charge in [-0.15, -0.1) is 0 Å². The molecule has 0 amide bonds. The van der Waals surface area contributed by atoms with E-state index >= 15 is 0 Å². The smallest absolute Gasteiger partial charge is 0.201 e. The number of hydrogen-bond donors (Lipinski definition) is 0. The molecule has 4 rings (SSSR count). The van der Waals surface area contributed by atoms with Gasteiger partial charge < -0.3 is 4.74 Å². The number of rotatable bonds is 7. The summed E-state index contributed by atoms with van der Waals surface area (Å²) >= 11 is 0. The highest BCUT2D eigenvalue weighted by atomic mass is 19.2. The van der Waals surface area contributed by atoms with E-state index in [4.69, 9.17) is 4.74 Å². The molecule has 0 aromatic heterocycles. The Morgan fingerprint density at radius 1 is 0.871 bits per heavy atom. The molecule has 0 saturated heterocycles. The van der Waals surface area contributed by atoms with Crippen LogP contribution in [0.1, 0.15) is 51.0 Å². The van der Waals surface area contributed by atoms with Crippen molar-refractivity contribution in [1.82, 2.24) is 0 Å². The van der Waals surface area contributed by atoms with Gasteiger partial charge in [0.25, 0.3) is 0 Å². The fourth-order valence-electron chi connectivity index (χ4n) is 5.57. The molecule has 3 atom stereocenters. The Morgan fingerprint density at radius 3 is 2.29 bits per heavy atom. The molecule has 5 heteroatoms. The average molecular weight is 433 g/mol. The molecule has 166 valence electrons. The van der Waals surface area contributed by atoms with E-state index in [1.54, 1.807) is 5.57 Å². The molecule has 31 heavy (non-hydrogen) atoms. The van der Waals surface area contributed by atoms with Gasteiger partial charge in [-0.05, 0) is 74.0 Å². The van der Waals surface area contributed by atoms with Gasteiger partial charge in [-0.25, -0.2) is 13.2 Å². The van der Waals surface area contributed by atoms with Crippen molar-refractivity contribution in [3.8, 4) is 16.9 Å². The lowest BCUT2D eigenvalue weighted by molar-refractivity contribution is 0.339. The van der Waals surface area contributed by atoms with Crippen LogP contribution in [0.2, 0.25) is 0 Å². The van der Waals surface area contributed by atoms with Crippen molar-refractivity contribution < 1.29 is 22.3 Å². The highest BCUT2D eigenvalue weighted by Crippen LogP contribution is 2.50. The normalized spacial score (nSPS) is 22.5. The second-order valence-corrected chi connectivity index (χ2v) is 8.75. The highest BCUT2D eigenvalue weighted by molar-refractivity contribution is 5.66. The lowest BCUT2D eigenvalue weighted by Crippen LogP contribution is -2.13. The summed E-state index contributed by atoms with van der Waals surface area (Å²) in [4.78, 5) is 0. The van der Waals surface area contributed by atoms with E-state index in [0.29, 0.717) is 29.7 Å². The summed E-state index contributed by atoms with van der Waals surface area (Å²) in [5.41, 5.74) is 1.27. The van der Waals surface area contributed by atoms with Crippen LogP contribution < -0.4 is 4.74 Å². The Bertz CT molecular complexity index is 997. The summed E-state index contributed by atoms with van der Waals surface area (Å²) in [6.45, 7) is 2.20. The van der Waals surface area contributed by atoms with Crippen LogP contribution in [0.25, 0.3) is 11.1 Å². The van der Waals surface area contributed by atoms with E-state index < -0.39 is 23.3 Å². The van der Waals surface area contributed by atoms with E-state index in [2.05, 4.69) is 13.0 Å². The van der Waals surface area contributed by atoms with Gasteiger partial charge in [0.15, 0.2) is 23.2 Å². The molecule has 2 aromatic carbocycles. The van der Waals surface area contributed by atoms with Gasteiger partial charge in [0.2, 0.25) is 5.82 Å². The molecule has 1 nitrogen and oxygen atoms in total. The Hall–Kier alpha value is -2.30. The number of aryl methyl sites for hydroxylation is 1. The summed E-state index contributed by atoms with van der Waals surface area (Å²) in [5, 5.41) is 0. The molecule has 0 heterocycles. The summed E-state index contributed by atoms with van der Waals surface area (Å²) < 4.78 is 62.7. The Balaban J connectivity index is 1.49. The Kier molecular flexibility index (Phi) is 6.40. The standard InChI is InChI=1S/C26H28F4O/c1-3-4-15-7-10-19-16(8-11-18(15)19)5-6-17-9-12-20(24(28)23(17)27)21-13-14-22(31-2)26(30)25(21)29/h7,9,12-14,16,18-19H,3-6,8,10-11H2,1-2H3. The molecule has 0 bridgehead atoms. The first-order valence-electron chi connectivity index (χ1n) is 11.1. The molecule has 0 N–H and O–H groups in total. The maximum absolute atomic E-state index is 14.8. The first-order chi connectivity index (χ1) is 15.0. The van der Waals surface area contributed by atoms with E-state index in [0.717, 1.165) is 32.1 Å². The van der Waals surface area contributed by atoms with Gasteiger partial charge >= 0.3 is 0 Å². The van der Waals surface area contributed by atoms with E-state index in [1.807, 2.05) is 0 Å². The third-order valence-electron chi connectivity index (χ3n) is 7.14. The van der Waals surface area contributed by atoms with Gasteiger partial charge in [0, 0.05) is 11.1 Å². The Labute approximate surface area is 181 Å². The van der Waals surface area contributed by atoms with Crippen molar-refractivity contribution in [1.29, 1.82) is 0 Å². The SMILES string of the molecule is CCCC1=CCC2C(CCc3ccc(-c4ccc(OC)c(F)c4F)c(F)c3F)CCC12. The Morgan fingerprint density at radius 2 is 1.58 bits per heavy atom. The van der Waals surface area contributed by atoms with E-state index in [1.165, 1.54) is 37.8 Å². The van der Waals surface area contributed by atoms with Gasteiger partial charge in [0.05, 0.1) is 7.11 Å².